The summed E-state index contributed by atoms with van der Waals surface area (Å²) in [4.78, 5) is 2.48. The van der Waals surface area contributed by atoms with Gasteiger partial charge in [-0.1, -0.05) is 42.5 Å². The van der Waals surface area contributed by atoms with Gasteiger partial charge in [-0.15, -0.1) is 0 Å². The molecule has 1 unspecified atom stereocenters. The third-order valence-corrected chi connectivity index (χ3v) is 4.14. The van der Waals surface area contributed by atoms with Crippen LogP contribution in [0.3, 0.4) is 0 Å². The highest BCUT2D eigenvalue weighted by Gasteiger charge is 2.19. The van der Waals surface area contributed by atoms with Gasteiger partial charge >= 0.3 is 0 Å². The second kappa shape index (κ2) is 5.72. The zero-order valence-electron chi connectivity index (χ0n) is 11.3. The Balaban J connectivity index is 1.81. The van der Waals surface area contributed by atoms with Gasteiger partial charge in [0.25, 0.3) is 0 Å². The summed E-state index contributed by atoms with van der Waals surface area (Å²) in [5.74, 6) is 0.462. The van der Waals surface area contributed by atoms with Crippen LogP contribution in [0.5, 0.6) is 0 Å². The summed E-state index contributed by atoms with van der Waals surface area (Å²) in [6, 6.07) is 15.1. The van der Waals surface area contributed by atoms with E-state index in [4.69, 9.17) is 0 Å². The molecule has 2 aromatic rings. The van der Waals surface area contributed by atoms with Gasteiger partial charge in [-0.3, -0.25) is 4.90 Å². The van der Waals surface area contributed by atoms with Crippen molar-refractivity contribution in [2.45, 2.75) is 19.4 Å². The predicted octanol–water partition coefficient (Wildman–Crippen LogP) is 3.04. The van der Waals surface area contributed by atoms with Crippen molar-refractivity contribution in [3.8, 4) is 0 Å². The van der Waals surface area contributed by atoms with Crippen molar-refractivity contribution in [2.75, 3.05) is 19.7 Å². The molecule has 2 heteroatoms. The molecule has 1 heterocycles. The zero-order chi connectivity index (χ0) is 13.1. The van der Waals surface area contributed by atoms with E-state index in [0.29, 0.717) is 12.5 Å². The Morgan fingerprint density at radius 2 is 1.95 bits per heavy atom. The molecule has 1 atom stereocenters. The lowest BCUT2D eigenvalue weighted by molar-refractivity contribution is 0.116. The van der Waals surface area contributed by atoms with Crippen molar-refractivity contribution in [2.24, 2.45) is 5.92 Å². The van der Waals surface area contributed by atoms with Crippen LogP contribution in [0.2, 0.25) is 0 Å². The minimum absolute atomic E-state index is 0.325. The highest BCUT2D eigenvalue weighted by molar-refractivity contribution is 5.85. The van der Waals surface area contributed by atoms with Crippen LogP contribution in [0.15, 0.2) is 42.5 Å². The standard InChI is InChI=1S/C17H21NO/c19-13-14-5-4-10-18(11-14)12-16-8-3-7-15-6-1-2-9-17(15)16/h1-3,6-9,14,19H,4-5,10-13H2. The predicted molar refractivity (Wildman–Crippen MR) is 79.0 cm³/mol. The van der Waals surface area contributed by atoms with Crippen molar-refractivity contribution < 1.29 is 5.11 Å². The van der Waals surface area contributed by atoms with Crippen LogP contribution < -0.4 is 0 Å². The van der Waals surface area contributed by atoms with Crippen LogP contribution in [0.4, 0.5) is 0 Å². The van der Waals surface area contributed by atoms with Crippen molar-refractivity contribution in [3.05, 3.63) is 48.0 Å². The first-order chi connectivity index (χ1) is 9.36. The van der Waals surface area contributed by atoms with Crippen molar-refractivity contribution in [1.82, 2.24) is 4.90 Å². The largest absolute Gasteiger partial charge is 0.396 e. The summed E-state index contributed by atoms with van der Waals surface area (Å²) in [5.41, 5.74) is 1.40. The Morgan fingerprint density at radius 3 is 2.84 bits per heavy atom. The van der Waals surface area contributed by atoms with Gasteiger partial charge in [0.05, 0.1) is 0 Å². The number of fused-ring (bicyclic) bond motifs is 1. The summed E-state index contributed by atoms with van der Waals surface area (Å²) < 4.78 is 0. The van der Waals surface area contributed by atoms with Gasteiger partial charge in [0.15, 0.2) is 0 Å². The van der Waals surface area contributed by atoms with E-state index in [1.807, 2.05) is 0 Å². The van der Waals surface area contributed by atoms with Crippen LogP contribution >= 0.6 is 0 Å². The molecule has 0 aromatic heterocycles. The molecule has 1 aliphatic heterocycles. The van der Waals surface area contributed by atoms with Crippen LogP contribution in [0.25, 0.3) is 10.8 Å². The van der Waals surface area contributed by atoms with E-state index >= 15 is 0 Å². The van der Waals surface area contributed by atoms with Crippen molar-refractivity contribution in [1.29, 1.82) is 0 Å². The molecular formula is C17H21NO. The van der Waals surface area contributed by atoms with E-state index in [1.54, 1.807) is 0 Å². The maximum absolute atomic E-state index is 9.32. The first-order valence-corrected chi connectivity index (χ1v) is 7.16. The lowest BCUT2D eigenvalue weighted by Gasteiger charge is -2.32. The normalized spacial score (nSPS) is 20.8. The molecule has 1 saturated heterocycles. The van der Waals surface area contributed by atoms with Crippen LogP contribution in [-0.4, -0.2) is 29.7 Å². The van der Waals surface area contributed by atoms with E-state index in [2.05, 4.69) is 47.4 Å². The maximum atomic E-state index is 9.32. The molecule has 0 spiro atoms. The number of likely N-dealkylation sites (tertiary alicyclic amines) is 1. The molecule has 100 valence electrons. The van der Waals surface area contributed by atoms with E-state index in [9.17, 15) is 5.11 Å². The van der Waals surface area contributed by atoms with Crippen molar-refractivity contribution >= 4 is 10.8 Å². The molecule has 2 nitrogen and oxygen atoms in total. The average molecular weight is 255 g/mol. The molecule has 0 amide bonds. The van der Waals surface area contributed by atoms with Gasteiger partial charge in [-0.25, -0.2) is 0 Å². The summed E-state index contributed by atoms with van der Waals surface area (Å²) in [6.07, 6.45) is 2.37. The summed E-state index contributed by atoms with van der Waals surface area (Å²) in [6.45, 7) is 3.50. The minimum atomic E-state index is 0.325. The summed E-state index contributed by atoms with van der Waals surface area (Å²) in [7, 11) is 0. The van der Waals surface area contributed by atoms with Crippen molar-refractivity contribution in [3.63, 3.8) is 0 Å². The van der Waals surface area contributed by atoms with E-state index < -0.39 is 0 Å². The fourth-order valence-electron chi connectivity index (χ4n) is 3.12. The van der Waals surface area contributed by atoms with Gasteiger partial charge in [0.1, 0.15) is 0 Å². The first kappa shape index (κ1) is 12.6. The Bertz CT molecular complexity index is 546. The molecule has 0 radical (unpaired) electrons. The number of hydrogen-bond donors (Lipinski definition) is 1. The van der Waals surface area contributed by atoms with Gasteiger partial charge < -0.3 is 5.11 Å². The van der Waals surface area contributed by atoms with E-state index in [0.717, 1.165) is 19.6 Å². The lowest BCUT2D eigenvalue weighted by Crippen LogP contribution is -2.36. The summed E-state index contributed by atoms with van der Waals surface area (Å²) >= 11 is 0. The molecule has 0 aliphatic carbocycles. The van der Waals surface area contributed by atoms with Gasteiger partial charge in [-0.05, 0) is 41.6 Å². The fourth-order valence-corrected chi connectivity index (χ4v) is 3.12. The third kappa shape index (κ3) is 2.80. The van der Waals surface area contributed by atoms with Gasteiger partial charge in [0, 0.05) is 19.7 Å². The number of aliphatic hydroxyl groups is 1. The third-order valence-electron chi connectivity index (χ3n) is 4.14. The second-order valence-electron chi connectivity index (χ2n) is 5.56. The minimum Gasteiger partial charge on any atom is -0.396 e. The van der Waals surface area contributed by atoms with Crippen LogP contribution in [0, 0.1) is 5.92 Å². The molecule has 0 saturated carbocycles. The highest BCUT2D eigenvalue weighted by Crippen LogP contribution is 2.23. The number of rotatable bonds is 3. The molecule has 3 rings (SSSR count). The molecular weight excluding hydrogens is 234 g/mol. The lowest BCUT2D eigenvalue weighted by atomic mass is 9.97. The highest BCUT2D eigenvalue weighted by atomic mass is 16.3. The number of piperidine rings is 1. The zero-order valence-corrected chi connectivity index (χ0v) is 11.3. The molecule has 1 aliphatic rings. The Labute approximate surface area is 114 Å². The molecule has 19 heavy (non-hydrogen) atoms. The first-order valence-electron chi connectivity index (χ1n) is 7.16. The number of hydrogen-bond acceptors (Lipinski definition) is 2. The van der Waals surface area contributed by atoms with Gasteiger partial charge in [-0.2, -0.15) is 0 Å². The monoisotopic (exact) mass is 255 g/mol. The molecule has 2 aromatic carbocycles. The second-order valence-corrected chi connectivity index (χ2v) is 5.56. The summed E-state index contributed by atoms with van der Waals surface area (Å²) in [5, 5.41) is 12.0. The Morgan fingerprint density at radius 1 is 1.11 bits per heavy atom. The number of nitrogens with zero attached hydrogens (tertiary/aromatic N) is 1. The smallest absolute Gasteiger partial charge is 0.0471 e. The maximum Gasteiger partial charge on any atom is 0.0471 e. The number of aliphatic hydroxyl groups excluding tert-OH is 1. The Hall–Kier alpha value is -1.38. The SMILES string of the molecule is OCC1CCCN(Cc2cccc3ccccc23)C1. The van der Waals surface area contributed by atoms with Crippen LogP contribution in [0.1, 0.15) is 18.4 Å². The van der Waals surface area contributed by atoms with Crippen LogP contribution in [-0.2, 0) is 6.54 Å². The van der Waals surface area contributed by atoms with Gasteiger partial charge in [0.2, 0.25) is 0 Å². The fraction of sp³-hybridized carbons (Fsp3) is 0.412. The Kier molecular flexibility index (Phi) is 3.81. The van der Waals surface area contributed by atoms with E-state index in [-0.39, 0.29) is 0 Å². The quantitative estimate of drug-likeness (QED) is 0.911. The van der Waals surface area contributed by atoms with E-state index in [1.165, 1.54) is 29.2 Å². The average Bonchev–Trinajstić information content (AvgIpc) is 2.48. The molecule has 0 bridgehead atoms. The number of benzene rings is 2. The molecule has 1 fully saturated rings. The molecule has 1 N–H and O–H groups in total. The topological polar surface area (TPSA) is 23.5 Å².